The molecular formula is C19H17BrFN3O. The second-order valence-corrected chi connectivity index (χ2v) is 7.21. The molecule has 25 heavy (non-hydrogen) atoms. The molecule has 0 bridgehead atoms. The second-order valence-electron chi connectivity index (χ2n) is 6.35. The number of fused-ring (bicyclic) bond motifs is 1. The van der Waals surface area contributed by atoms with Crippen LogP contribution in [0.15, 0.2) is 45.4 Å². The van der Waals surface area contributed by atoms with Crippen LogP contribution in [-0.4, -0.2) is 10.1 Å². The minimum atomic E-state index is -0.287. The van der Waals surface area contributed by atoms with E-state index < -0.39 is 0 Å². The topological polar surface area (TPSA) is 64.9 Å². The van der Waals surface area contributed by atoms with Crippen molar-refractivity contribution in [1.29, 1.82) is 0 Å². The lowest BCUT2D eigenvalue weighted by Gasteiger charge is -2.22. The lowest BCUT2D eigenvalue weighted by Crippen LogP contribution is -2.17. The highest BCUT2D eigenvalue weighted by Crippen LogP contribution is 2.31. The molecule has 0 fully saturated rings. The third-order valence-corrected chi connectivity index (χ3v) is 5.17. The van der Waals surface area contributed by atoms with Crippen LogP contribution in [0.1, 0.15) is 41.4 Å². The number of aryl methyl sites for hydroxylation is 1. The van der Waals surface area contributed by atoms with Gasteiger partial charge in [0.2, 0.25) is 0 Å². The molecule has 4 rings (SSSR count). The summed E-state index contributed by atoms with van der Waals surface area (Å²) in [5.41, 5.74) is 10.5. The Labute approximate surface area is 153 Å². The highest BCUT2D eigenvalue weighted by Gasteiger charge is 2.18. The maximum Gasteiger partial charge on any atom is 0.257 e. The second kappa shape index (κ2) is 6.69. The van der Waals surface area contributed by atoms with Crippen molar-refractivity contribution in [3.05, 3.63) is 69.2 Å². The maximum absolute atomic E-state index is 13.3. The summed E-state index contributed by atoms with van der Waals surface area (Å²) in [7, 11) is 0. The smallest absolute Gasteiger partial charge is 0.257 e. The van der Waals surface area contributed by atoms with Crippen LogP contribution < -0.4 is 5.73 Å². The Hall–Kier alpha value is -2.05. The lowest BCUT2D eigenvalue weighted by atomic mass is 9.87. The van der Waals surface area contributed by atoms with E-state index in [2.05, 4.69) is 38.2 Å². The summed E-state index contributed by atoms with van der Waals surface area (Å²) in [5, 5.41) is 4.05. The predicted octanol–water partition coefficient (Wildman–Crippen LogP) is 4.57. The van der Waals surface area contributed by atoms with Gasteiger partial charge in [0.25, 0.3) is 5.89 Å². The van der Waals surface area contributed by atoms with Gasteiger partial charge >= 0.3 is 0 Å². The standard InChI is InChI=1S/C19H17BrFN3O/c20-15-8-11(4-7-16(15)21)9-18-23-19(25-24-18)13-5-6-14-12(10-13)2-1-3-17(14)22/h4-8,10,17H,1-3,9,22H2. The van der Waals surface area contributed by atoms with E-state index in [1.807, 2.05) is 6.07 Å². The first-order chi connectivity index (χ1) is 12.1. The summed E-state index contributed by atoms with van der Waals surface area (Å²) in [6, 6.07) is 11.1. The SMILES string of the molecule is NC1CCCc2cc(-c3nc(Cc4ccc(F)c(Br)c4)no3)ccc21. The average Bonchev–Trinajstić information content (AvgIpc) is 3.07. The van der Waals surface area contributed by atoms with E-state index in [9.17, 15) is 4.39 Å². The van der Waals surface area contributed by atoms with E-state index >= 15 is 0 Å². The van der Waals surface area contributed by atoms with Gasteiger partial charge in [-0.2, -0.15) is 4.98 Å². The van der Waals surface area contributed by atoms with E-state index in [-0.39, 0.29) is 11.9 Å². The number of halogens is 2. The minimum absolute atomic E-state index is 0.118. The fraction of sp³-hybridized carbons (Fsp3) is 0.263. The zero-order chi connectivity index (χ0) is 17.4. The largest absolute Gasteiger partial charge is 0.334 e. The van der Waals surface area contributed by atoms with Crippen LogP contribution in [-0.2, 0) is 12.8 Å². The summed E-state index contributed by atoms with van der Waals surface area (Å²) in [5.74, 6) is 0.783. The van der Waals surface area contributed by atoms with Gasteiger partial charge in [-0.1, -0.05) is 17.3 Å². The van der Waals surface area contributed by atoms with Gasteiger partial charge in [0.1, 0.15) is 5.82 Å². The molecule has 2 aromatic carbocycles. The van der Waals surface area contributed by atoms with Crippen LogP contribution in [0.25, 0.3) is 11.5 Å². The first-order valence-corrected chi connectivity index (χ1v) is 9.05. The number of hydrogen-bond acceptors (Lipinski definition) is 4. The number of nitrogens with zero attached hydrogens (tertiary/aromatic N) is 2. The van der Waals surface area contributed by atoms with Crippen LogP contribution in [0, 0.1) is 5.82 Å². The Kier molecular flexibility index (Phi) is 4.39. The van der Waals surface area contributed by atoms with E-state index in [1.165, 1.54) is 17.2 Å². The summed E-state index contributed by atoms with van der Waals surface area (Å²) < 4.78 is 19.2. The molecule has 1 aromatic heterocycles. The minimum Gasteiger partial charge on any atom is -0.334 e. The zero-order valence-corrected chi connectivity index (χ0v) is 15.1. The van der Waals surface area contributed by atoms with Crippen molar-refractivity contribution in [3.8, 4) is 11.5 Å². The predicted molar refractivity (Wildman–Crippen MR) is 96.5 cm³/mol. The van der Waals surface area contributed by atoms with Gasteiger partial charge in [-0.25, -0.2) is 4.39 Å². The van der Waals surface area contributed by atoms with Crippen LogP contribution in [0.3, 0.4) is 0 Å². The van der Waals surface area contributed by atoms with Gasteiger partial charge < -0.3 is 10.3 Å². The first-order valence-electron chi connectivity index (χ1n) is 8.25. The molecule has 128 valence electrons. The van der Waals surface area contributed by atoms with Gasteiger partial charge in [-0.3, -0.25) is 0 Å². The molecule has 3 aromatic rings. The quantitative estimate of drug-likeness (QED) is 0.698. The Bertz CT molecular complexity index is 925. The molecule has 6 heteroatoms. The van der Waals surface area contributed by atoms with Crippen LogP contribution in [0.2, 0.25) is 0 Å². The Balaban J connectivity index is 1.58. The molecule has 1 aliphatic carbocycles. The third kappa shape index (κ3) is 3.37. The normalized spacial score (nSPS) is 16.7. The molecule has 1 atom stereocenters. The molecule has 2 N–H and O–H groups in total. The molecule has 0 aliphatic heterocycles. The highest BCUT2D eigenvalue weighted by molar-refractivity contribution is 9.10. The molecule has 1 unspecified atom stereocenters. The lowest BCUT2D eigenvalue weighted by molar-refractivity contribution is 0.423. The number of rotatable bonds is 3. The van der Waals surface area contributed by atoms with Crippen LogP contribution >= 0.6 is 15.9 Å². The van der Waals surface area contributed by atoms with E-state index in [0.29, 0.717) is 22.6 Å². The van der Waals surface area contributed by atoms with Gasteiger partial charge in [0.15, 0.2) is 5.82 Å². The Morgan fingerprint density at radius 3 is 2.96 bits per heavy atom. The molecular weight excluding hydrogens is 385 g/mol. The molecule has 0 amide bonds. The Morgan fingerprint density at radius 2 is 2.12 bits per heavy atom. The molecule has 1 heterocycles. The van der Waals surface area contributed by atoms with Gasteiger partial charge in [0, 0.05) is 18.0 Å². The van der Waals surface area contributed by atoms with Crippen molar-refractivity contribution < 1.29 is 8.91 Å². The summed E-state index contributed by atoms with van der Waals surface area (Å²) >= 11 is 3.19. The summed E-state index contributed by atoms with van der Waals surface area (Å²) in [4.78, 5) is 4.48. The van der Waals surface area contributed by atoms with Gasteiger partial charge in [-0.15, -0.1) is 0 Å². The number of aromatic nitrogens is 2. The van der Waals surface area contributed by atoms with E-state index in [1.54, 1.807) is 12.1 Å². The van der Waals surface area contributed by atoms with Crippen LogP contribution in [0.4, 0.5) is 4.39 Å². The molecule has 0 saturated heterocycles. The van der Waals surface area contributed by atoms with Crippen molar-refractivity contribution in [1.82, 2.24) is 10.1 Å². The average molecular weight is 402 g/mol. The van der Waals surface area contributed by atoms with Crippen molar-refractivity contribution in [2.45, 2.75) is 31.7 Å². The fourth-order valence-electron chi connectivity index (χ4n) is 3.26. The molecule has 0 spiro atoms. The summed E-state index contributed by atoms with van der Waals surface area (Å²) in [6.45, 7) is 0. The first kappa shape index (κ1) is 16.4. The van der Waals surface area contributed by atoms with Crippen molar-refractivity contribution >= 4 is 15.9 Å². The van der Waals surface area contributed by atoms with Gasteiger partial charge in [0.05, 0.1) is 4.47 Å². The van der Waals surface area contributed by atoms with Crippen LogP contribution in [0.5, 0.6) is 0 Å². The Morgan fingerprint density at radius 1 is 1.24 bits per heavy atom. The molecule has 0 saturated carbocycles. The van der Waals surface area contributed by atoms with Gasteiger partial charge in [-0.05, 0) is 76.1 Å². The fourth-order valence-corrected chi connectivity index (χ4v) is 3.69. The monoisotopic (exact) mass is 401 g/mol. The summed E-state index contributed by atoms with van der Waals surface area (Å²) in [6.07, 6.45) is 3.65. The van der Waals surface area contributed by atoms with Crippen molar-refractivity contribution in [2.24, 2.45) is 5.73 Å². The molecule has 4 nitrogen and oxygen atoms in total. The van der Waals surface area contributed by atoms with Crippen molar-refractivity contribution in [2.75, 3.05) is 0 Å². The number of hydrogen-bond donors (Lipinski definition) is 1. The van der Waals surface area contributed by atoms with Crippen molar-refractivity contribution in [3.63, 3.8) is 0 Å². The molecule has 1 aliphatic rings. The third-order valence-electron chi connectivity index (χ3n) is 4.56. The number of nitrogens with two attached hydrogens (primary N) is 1. The molecule has 0 radical (unpaired) electrons. The van der Waals surface area contributed by atoms with E-state index in [0.717, 1.165) is 30.4 Å². The zero-order valence-electron chi connectivity index (χ0n) is 13.5. The van der Waals surface area contributed by atoms with E-state index in [4.69, 9.17) is 10.3 Å². The maximum atomic E-state index is 13.3. The number of benzene rings is 2. The highest BCUT2D eigenvalue weighted by atomic mass is 79.9.